The number of nitrogens with zero attached hydrogens (tertiary/aromatic N) is 1. The Kier molecular flexibility index (Phi) is 5.50. The Labute approximate surface area is 128 Å². The number of carboxylic acids is 1. The van der Waals surface area contributed by atoms with Gasteiger partial charge in [0.05, 0.1) is 6.54 Å². The van der Waals surface area contributed by atoms with Gasteiger partial charge in [0.25, 0.3) is 0 Å². The molecule has 0 aromatic rings. The summed E-state index contributed by atoms with van der Waals surface area (Å²) in [5, 5.41) is 12.1. The second-order valence-electron chi connectivity index (χ2n) is 5.67. The van der Waals surface area contributed by atoms with Crippen LogP contribution in [-0.4, -0.2) is 57.9 Å². The van der Waals surface area contributed by atoms with Crippen molar-refractivity contribution < 1.29 is 19.5 Å². The van der Waals surface area contributed by atoms with Crippen molar-refractivity contribution in [1.29, 1.82) is 0 Å². The highest BCUT2D eigenvalue weighted by Crippen LogP contribution is 2.27. The third kappa shape index (κ3) is 4.12. The predicted molar refractivity (Wildman–Crippen MR) is 80.1 cm³/mol. The Morgan fingerprint density at radius 1 is 1.24 bits per heavy atom. The van der Waals surface area contributed by atoms with E-state index in [-0.39, 0.29) is 18.4 Å². The lowest BCUT2D eigenvalue weighted by Gasteiger charge is -2.34. The van der Waals surface area contributed by atoms with E-state index >= 15 is 0 Å². The number of thioether (sulfide) groups is 1. The van der Waals surface area contributed by atoms with E-state index in [1.54, 1.807) is 16.7 Å². The zero-order valence-electron chi connectivity index (χ0n) is 12.1. The van der Waals surface area contributed by atoms with Crippen LogP contribution < -0.4 is 5.32 Å². The number of likely N-dealkylation sites (tertiary alicyclic amines) is 1. The van der Waals surface area contributed by atoms with Gasteiger partial charge >= 0.3 is 5.97 Å². The lowest BCUT2D eigenvalue weighted by molar-refractivity contribution is -0.148. The number of aliphatic carboxylic acids is 1. The van der Waals surface area contributed by atoms with Crippen molar-refractivity contribution >= 4 is 29.5 Å². The largest absolute Gasteiger partial charge is 0.480 e. The lowest BCUT2D eigenvalue weighted by atomic mass is 9.92. The number of hydrogen-bond donors (Lipinski definition) is 2. The van der Waals surface area contributed by atoms with E-state index in [2.05, 4.69) is 5.32 Å². The van der Waals surface area contributed by atoms with Crippen LogP contribution in [0.1, 0.15) is 38.5 Å². The quantitative estimate of drug-likeness (QED) is 0.803. The normalized spacial score (nSPS) is 22.5. The standard InChI is InChI=1S/C14H22N2O4S/c17-11(10-16-7-3-1-2-4-12(16)18)15-14(13(19)20)5-8-21-9-6-14/h1-10H2,(H,15,17)(H,19,20). The monoisotopic (exact) mass is 314 g/mol. The van der Waals surface area contributed by atoms with Crippen LogP contribution in [0.2, 0.25) is 0 Å². The summed E-state index contributed by atoms with van der Waals surface area (Å²) in [6.07, 6.45) is 4.13. The zero-order valence-corrected chi connectivity index (χ0v) is 12.9. The van der Waals surface area contributed by atoms with Gasteiger partial charge in [-0.3, -0.25) is 9.59 Å². The van der Waals surface area contributed by atoms with E-state index < -0.39 is 11.5 Å². The molecule has 0 spiro atoms. The molecule has 2 saturated heterocycles. The third-order valence-electron chi connectivity index (χ3n) is 4.14. The summed E-state index contributed by atoms with van der Waals surface area (Å²) in [4.78, 5) is 37.1. The van der Waals surface area contributed by atoms with E-state index in [0.29, 0.717) is 25.8 Å². The molecule has 0 saturated carbocycles. The van der Waals surface area contributed by atoms with Crippen LogP contribution >= 0.6 is 11.8 Å². The van der Waals surface area contributed by atoms with Gasteiger partial charge in [-0.15, -0.1) is 0 Å². The van der Waals surface area contributed by atoms with E-state index in [1.807, 2.05) is 0 Å². The minimum Gasteiger partial charge on any atom is -0.480 e. The Bertz CT molecular complexity index is 421. The fourth-order valence-corrected chi connectivity index (χ4v) is 3.99. The van der Waals surface area contributed by atoms with Gasteiger partial charge in [0, 0.05) is 13.0 Å². The van der Waals surface area contributed by atoms with Gasteiger partial charge in [0.1, 0.15) is 5.54 Å². The molecule has 21 heavy (non-hydrogen) atoms. The molecule has 2 aliphatic heterocycles. The van der Waals surface area contributed by atoms with Crippen molar-refractivity contribution in [2.45, 2.75) is 44.1 Å². The van der Waals surface area contributed by atoms with Gasteiger partial charge in [-0.1, -0.05) is 6.42 Å². The highest BCUT2D eigenvalue weighted by Gasteiger charge is 2.41. The average molecular weight is 314 g/mol. The first-order valence-electron chi connectivity index (χ1n) is 7.43. The SMILES string of the molecule is O=C(CN1CCCCCC1=O)NC1(C(=O)O)CCSCC1. The highest BCUT2D eigenvalue weighted by molar-refractivity contribution is 7.99. The lowest BCUT2D eigenvalue weighted by Crippen LogP contribution is -2.58. The summed E-state index contributed by atoms with van der Waals surface area (Å²) < 4.78 is 0. The van der Waals surface area contributed by atoms with Crippen LogP contribution in [0.5, 0.6) is 0 Å². The molecule has 0 unspecified atom stereocenters. The van der Waals surface area contributed by atoms with Crippen LogP contribution in [0.4, 0.5) is 0 Å². The van der Waals surface area contributed by atoms with Gasteiger partial charge < -0.3 is 15.3 Å². The Morgan fingerprint density at radius 2 is 1.95 bits per heavy atom. The van der Waals surface area contributed by atoms with Crippen molar-refractivity contribution in [3.05, 3.63) is 0 Å². The minimum atomic E-state index is -1.16. The highest BCUT2D eigenvalue weighted by atomic mass is 32.2. The fraction of sp³-hybridized carbons (Fsp3) is 0.786. The molecule has 2 heterocycles. The Morgan fingerprint density at radius 3 is 2.62 bits per heavy atom. The average Bonchev–Trinajstić information content (AvgIpc) is 2.65. The molecule has 2 fully saturated rings. The number of amides is 2. The van der Waals surface area contributed by atoms with E-state index in [1.165, 1.54) is 0 Å². The van der Waals surface area contributed by atoms with E-state index in [0.717, 1.165) is 30.8 Å². The first-order chi connectivity index (χ1) is 10.0. The summed E-state index contributed by atoms with van der Waals surface area (Å²) in [5.74, 6) is 0.119. The smallest absolute Gasteiger partial charge is 0.329 e. The van der Waals surface area contributed by atoms with Gasteiger partial charge in [-0.05, 0) is 37.2 Å². The number of carbonyl (C=O) groups excluding carboxylic acids is 2. The molecule has 0 aromatic carbocycles. The second kappa shape index (κ2) is 7.15. The summed E-state index contributed by atoms with van der Waals surface area (Å²) >= 11 is 1.70. The van der Waals surface area contributed by atoms with Gasteiger partial charge in [-0.2, -0.15) is 11.8 Å². The van der Waals surface area contributed by atoms with E-state index in [9.17, 15) is 19.5 Å². The first-order valence-corrected chi connectivity index (χ1v) is 8.59. The van der Waals surface area contributed by atoms with Crippen LogP contribution in [0.3, 0.4) is 0 Å². The maximum Gasteiger partial charge on any atom is 0.329 e. The maximum atomic E-state index is 12.2. The summed E-state index contributed by atoms with van der Waals surface area (Å²) in [6.45, 7) is 0.559. The summed E-state index contributed by atoms with van der Waals surface area (Å²) in [6, 6.07) is 0. The molecule has 2 N–H and O–H groups in total. The molecule has 7 heteroatoms. The van der Waals surface area contributed by atoms with Crippen LogP contribution in [-0.2, 0) is 14.4 Å². The van der Waals surface area contributed by atoms with Gasteiger partial charge in [-0.25, -0.2) is 4.79 Å². The molecule has 0 atom stereocenters. The molecule has 0 aliphatic carbocycles. The predicted octanol–water partition coefficient (Wildman–Crippen LogP) is 0.856. The Balaban J connectivity index is 1.95. The molecule has 0 aromatic heterocycles. The third-order valence-corrected chi connectivity index (χ3v) is 5.13. The molecular weight excluding hydrogens is 292 g/mol. The van der Waals surface area contributed by atoms with Crippen LogP contribution in [0.25, 0.3) is 0 Å². The first kappa shape index (κ1) is 16.1. The number of nitrogens with one attached hydrogen (secondary N) is 1. The molecule has 2 amide bonds. The minimum absolute atomic E-state index is 0.00813. The van der Waals surface area contributed by atoms with Crippen LogP contribution in [0.15, 0.2) is 0 Å². The molecule has 0 radical (unpaired) electrons. The Hall–Kier alpha value is -1.24. The maximum absolute atomic E-state index is 12.2. The fourth-order valence-electron chi connectivity index (χ4n) is 2.80. The van der Waals surface area contributed by atoms with Crippen molar-refractivity contribution in [1.82, 2.24) is 10.2 Å². The van der Waals surface area contributed by atoms with Gasteiger partial charge in [0.15, 0.2) is 0 Å². The number of carbonyl (C=O) groups is 3. The van der Waals surface area contributed by atoms with Crippen molar-refractivity contribution in [2.75, 3.05) is 24.6 Å². The molecule has 6 nitrogen and oxygen atoms in total. The van der Waals surface area contributed by atoms with Crippen molar-refractivity contribution in [2.24, 2.45) is 0 Å². The summed E-state index contributed by atoms with van der Waals surface area (Å²) in [7, 11) is 0. The molecule has 2 rings (SSSR count). The topological polar surface area (TPSA) is 86.7 Å². The van der Waals surface area contributed by atoms with E-state index in [4.69, 9.17) is 0 Å². The number of carboxylic acid groups (broad SMARTS) is 1. The molecule has 0 bridgehead atoms. The number of hydrogen-bond acceptors (Lipinski definition) is 4. The summed E-state index contributed by atoms with van der Waals surface area (Å²) in [5.41, 5.74) is -1.16. The molecule has 118 valence electrons. The van der Waals surface area contributed by atoms with Gasteiger partial charge in [0.2, 0.25) is 11.8 Å². The number of rotatable bonds is 4. The molecule has 2 aliphatic rings. The van der Waals surface area contributed by atoms with Crippen molar-refractivity contribution in [3.63, 3.8) is 0 Å². The van der Waals surface area contributed by atoms with Crippen molar-refractivity contribution in [3.8, 4) is 0 Å². The molecular formula is C14H22N2O4S. The zero-order chi connectivity index (χ0) is 15.3. The van der Waals surface area contributed by atoms with Crippen LogP contribution in [0, 0.1) is 0 Å². The second-order valence-corrected chi connectivity index (χ2v) is 6.90.